The summed E-state index contributed by atoms with van der Waals surface area (Å²) in [7, 11) is 0. The van der Waals surface area contributed by atoms with E-state index in [1.54, 1.807) is 11.0 Å². The summed E-state index contributed by atoms with van der Waals surface area (Å²) in [6, 6.07) is 0. The molecule has 0 aromatic carbocycles. The first-order valence-corrected chi connectivity index (χ1v) is 4.08. The maximum absolute atomic E-state index is 4.21. The van der Waals surface area contributed by atoms with Crippen LogP contribution in [0.4, 0.5) is 0 Å². The molecule has 0 N–H and O–H groups in total. The van der Waals surface area contributed by atoms with Crippen LogP contribution in [0.5, 0.6) is 0 Å². The summed E-state index contributed by atoms with van der Waals surface area (Å²) in [5, 5.41) is 4.09. The molecule has 3 nitrogen and oxygen atoms in total. The van der Waals surface area contributed by atoms with Crippen LogP contribution in [0, 0.1) is 0 Å². The molecule has 1 rings (SSSR count). The Kier molecular flexibility index (Phi) is 2.31. The highest BCUT2D eigenvalue weighted by Gasteiger charge is 2.19. The molecule has 3 heteroatoms. The largest absolute Gasteiger partial charge is 0.225 e. The molecular weight excluding hydrogens is 150 g/mol. The summed E-state index contributed by atoms with van der Waals surface area (Å²) < 4.78 is 1.81. The first-order chi connectivity index (χ1) is 5.55. The van der Waals surface area contributed by atoms with Gasteiger partial charge in [-0.15, -0.1) is 0 Å². The lowest BCUT2D eigenvalue weighted by Crippen LogP contribution is -2.17. The molecular formula is C9H15N3. The van der Waals surface area contributed by atoms with Gasteiger partial charge in [0.25, 0.3) is 0 Å². The average molecular weight is 165 g/mol. The lowest BCUT2D eigenvalue weighted by Gasteiger charge is -2.16. The Labute approximate surface area is 73.1 Å². The van der Waals surface area contributed by atoms with E-state index in [0.29, 0.717) is 0 Å². The summed E-state index contributed by atoms with van der Waals surface area (Å²) in [6.07, 6.45) is 5.44. The van der Waals surface area contributed by atoms with Crippen molar-refractivity contribution in [3.05, 3.63) is 18.2 Å². The first-order valence-electron chi connectivity index (χ1n) is 4.08. The zero-order valence-corrected chi connectivity index (χ0v) is 8.07. The molecule has 0 spiro atoms. The fourth-order valence-corrected chi connectivity index (χ4v) is 1.04. The van der Waals surface area contributed by atoms with Gasteiger partial charge < -0.3 is 0 Å². The molecule has 0 aliphatic carbocycles. The number of hydrogen-bond acceptors (Lipinski definition) is 2. The van der Waals surface area contributed by atoms with Crippen molar-refractivity contribution in [1.82, 2.24) is 14.8 Å². The number of rotatable bonds is 1. The molecule has 66 valence electrons. The summed E-state index contributed by atoms with van der Waals surface area (Å²) in [5.74, 6) is 0.987. The van der Waals surface area contributed by atoms with Gasteiger partial charge >= 0.3 is 0 Å². The summed E-state index contributed by atoms with van der Waals surface area (Å²) >= 11 is 0. The lowest BCUT2D eigenvalue weighted by molar-refractivity contribution is 0.532. The van der Waals surface area contributed by atoms with Crippen LogP contribution in [0.25, 0.3) is 6.20 Å². The van der Waals surface area contributed by atoms with Crippen LogP contribution in [0.2, 0.25) is 0 Å². The van der Waals surface area contributed by atoms with Crippen molar-refractivity contribution in [3.8, 4) is 0 Å². The van der Waals surface area contributed by atoms with Crippen LogP contribution in [-0.2, 0) is 5.41 Å². The zero-order valence-electron chi connectivity index (χ0n) is 8.07. The van der Waals surface area contributed by atoms with Crippen molar-refractivity contribution in [2.75, 3.05) is 0 Å². The highest BCUT2D eigenvalue weighted by molar-refractivity contribution is 5.22. The van der Waals surface area contributed by atoms with Crippen LogP contribution >= 0.6 is 0 Å². The maximum atomic E-state index is 4.21. The van der Waals surface area contributed by atoms with E-state index < -0.39 is 0 Å². The van der Waals surface area contributed by atoms with E-state index in [4.69, 9.17) is 0 Å². The molecule has 1 aromatic rings. The predicted molar refractivity (Wildman–Crippen MR) is 49.7 cm³/mol. The molecule has 0 unspecified atom stereocenters. The van der Waals surface area contributed by atoms with Gasteiger partial charge in [-0.1, -0.05) is 26.8 Å². The van der Waals surface area contributed by atoms with Crippen LogP contribution in [0.1, 0.15) is 33.5 Å². The fraction of sp³-hybridized carbons (Fsp3) is 0.556. The number of nitrogens with zero attached hydrogens (tertiary/aromatic N) is 3. The standard InChI is InChI=1S/C9H15N3/c1-5-6-12-8(9(2,3)4)10-7-11-12/h5-7H,1-4H3/b6-5-. The number of hydrogen-bond donors (Lipinski definition) is 0. The smallest absolute Gasteiger partial charge is 0.138 e. The number of aromatic nitrogens is 3. The third-order valence-electron chi connectivity index (χ3n) is 1.53. The van der Waals surface area contributed by atoms with Gasteiger partial charge in [0, 0.05) is 11.6 Å². The quantitative estimate of drug-likeness (QED) is 0.637. The summed E-state index contributed by atoms with van der Waals surface area (Å²) in [6.45, 7) is 8.33. The Balaban J connectivity index is 3.07. The van der Waals surface area contributed by atoms with E-state index in [1.165, 1.54) is 0 Å². The van der Waals surface area contributed by atoms with Crippen molar-refractivity contribution >= 4 is 6.20 Å². The second kappa shape index (κ2) is 3.09. The highest BCUT2D eigenvalue weighted by atomic mass is 15.3. The zero-order chi connectivity index (χ0) is 9.19. The van der Waals surface area contributed by atoms with Crippen molar-refractivity contribution in [2.24, 2.45) is 0 Å². The average Bonchev–Trinajstić information content (AvgIpc) is 2.34. The third-order valence-corrected chi connectivity index (χ3v) is 1.53. The minimum Gasteiger partial charge on any atom is -0.225 e. The van der Waals surface area contributed by atoms with Crippen molar-refractivity contribution in [2.45, 2.75) is 33.1 Å². The molecule has 0 atom stereocenters. The normalized spacial score (nSPS) is 12.7. The number of allylic oxidation sites excluding steroid dienone is 1. The van der Waals surface area contributed by atoms with Crippen LogP contribution in [0.3, 0.4) is 0 Å². The maximum Gasteiger partial charge on any atom is 0.138 e. The van der Waals surface area contributed by atoms with Gasteiger partial charge in [0.05, 0.1) is 0 Å². The van der Waals surface area contributed by atoms with Crippen molar-refractivity contribution < 1.29 is 0 Å². The second-order valence-electron chi connectivity index (χ2n) is 3.76. The van der Waals surface area contributed by atoms with Crippen molar-refractivity contribution in [1.29, 1.82) is 0 Å². The van der Waals surface area contributed by atoms with Crippen molar-refractivity contribution in [3.63, 3.8) is 0 Å². The van der Waals surface area contributed by atoms with E-state index in [1.807, 2.05) is 19.2 Å². The van der Waals surface area contributed by atoms with Crippen LogP contribution in [0.15, 0.2) is 12.4 Å². The second-order valence-corrected chi connectivity index (χ2v) is 3.76. The molecule has 1 heterocycles. The Morgan fingerprint density at radius 3 is 2.58 bits per heavy atom. The first kappa shape index (κ1) is 8.97. The Morgan fingerprint density at radius 1 is 1.42 bits per heavy atom. The summed E-state index contributed by atoms with van der Waals surface area (Å²) in [4.78, 5) is 4.21. The van der Waals surface area contributed by atoms with E-state index >= 15 is 0 Å². The van der Waals surface area contributed by atoms with Gasteiger partial charge in [-0.25, -0.2) is 9.67 Å². The topological polar surface area (TPSA) is 30.7 Å². The molecule has 1 aromatic heterocycles. The molecule has 0 radical (unpaired) electrons. The molecule has 0 amide bonds. The fourth-order valence-electron chi connectivity index (χ4n) is 1.04. The minimum absolute atomic E-state index is 0.0516. The Morgan fingerprint density at radius 2 is 2.08 bits per heavy atom. The van der Waals surface area contributed by atoms with Gasteiger partial charge in [-0.3, -0.25) is 0 Å². The molecule has 0 saturated heterocycles. The molecule has 0 saturated carbocycles. The monoisotopic (exact) mass is 165 g/mol. The van der Waals surface area contributed by atoms with Crippen LogP contribution < -0.4 is 0 Å². The van der Waals surface area contributed by atoms with E-state index in [9.17, 15) is 0 Å². The Hall–Kier alpha value is -1.12. The minimum atomic E-state index is 0.0516. The van der Waals surface area contributed by atoms with E-state index in [2.05, 4.69) is 30.9 Å². The van der Waals surface area contributed by atoms with E-state index in [0.717, 1.165) is 5.82 Å². The SMILES string of the molecule is C/C=C\n1ncnc1C(C)(C)C. The molecule has 12 heavy (non-hydrogen) atoms. The summed E-state index contributed by atoms with van der Waals surface area (Å²) in [5.41, 5.74) is 0.0516. The third kappa shape index (κ3) is 1.72. The molecule has 0 bridgehead atoms. The molecule has 0 aliphatic rings. The Bertz CT molecular complexity index is 278. The van der Waals surface area contributed by atoms with Gasteiger partial charge in [0.2, 0.25) is 0 Å². The molecule has 0 fully saturated rings. The van der Waals surface area contributed by atoms with Crippen LogP contribution in [-0.4, -0.2) is 14.8 Å². The van der Waals surface area contributed by atoms with E-state index in [-0.39, 0.29) is 5.41 Å². The molecule has 0 aliphatic heterocycles. The van der Waals surface area contributed by atoms with Gasteiger partial charge in [0.15, 0.2) is 0 Å². The lowest BCUT2D eigenvalue weighted by atomic mass is 9.96. The predicted octanol–water partition coefficient (Wildman–Crippen LogP) is 2.07. The van der Waals surface area contributed by atoms with Gasteiger partial charge in [0.1, 0.15) is 12.2 Å². The van der Waals surface area contributed by atoms with Gasteiger partial charge in [-0.05, 0) is 6.92 Å². The highest BCUT2D eigenvalue weighted by Crippen LogP contribution is 2.18. The van der Waals surface area contributed by atoms with Gasteiger partial charge in [-0.2, -0.15) is 5.10 Å².